The Morgan fingerprint density at radius 1 is 0.800 bits per heavy atom. The molecule has 1 aliphatic rings. The minimum Gasteiger partial charge on any atom is -0.431 e. The molecule has 1 aliphatic carbocycles. The molecular formula is C11H18O4. The lowest BCUT2D eigenvalue weighted by molar-refractivity contribution is -0.138. The first-order valence-electron chi connectivity index (χ1n) is 5.12. The fourth-order valence-electron chi connectivity index (χ4n) is 1.13. The van der Waals surface area contributed by atoms with E-state index in [-0.39, 0.29) is 0 Å². The Balaban J connectivity index is 0.000000322. The highest BCUT2D eigenvalue weighted by molar-refractivity contribution is 5.67. The zero-order valence-corrected chi connectivity index (χ0v) is 9.32. The number of ether oxygens (including phenoxy) is 2. The van der Waals surface area contributed by atoms with Crippen LogP contribution in [-0.2, 0) is 19.1 Å². The van der Waals surface area contributed by atoms with Crippen LogP contribution in [0.5, 0.6) is 0 Å². The molecule has 1 saturated carbocycles. The zero-order valence-electron chi connectivity index (χ0n) is 9.32. The predicted octanol–water partition coefficient (Wildman–Crippen LogP) is 2.53. The molecule has 0 heterocycles. The molecule has 0 radical (unpaired) electrons. The molecule has 0 amide bonds. The maximum atomic E-state index is 10.1. The molecular weight excluding hydrogens is 196 g/mol. The van der Waals surface area contributed by atoms with Gasteiger partial charge in [-0.25, -0.2) is 0 Å². The fraction of sp³-hybridized carbons (Fsp3) is 0.636. The van der Waals surface area contributed by atoms with Crippen LogP contribution in [0, 0.1) is 0 Å². The Bertz CT molecular complexity index is 191. The molecule has 1 fully saturated rings. The number of carbonyl (C=O) groups excluding carboxylic acids is 2. The SMILES string of the molecule is C1CCCC1.CC(=O)O/C=C/OC(C)=O. The summed E-state index contributed by atoms with van der Waals surface area (Å²) in [5, 5.41) is 0. The molecule has 0 aromatic rings. The summed E-state index contributed by atoms with van der Waals surface area (Å²) < 4.78 is 8.59. The van der Waals surface area contributed by atoms with Crippen LogP contribution in [0.25, 0.3) is 0 Å². The van der Waals surface area contributed by atoms with E-state index >= 15 is 0 Å². The maximum absolute atomic E-state index is 10.1. The highest BCUT2D eigenvalue weighted by Crippen LogP contribution is 2.15. The van der Waals surface area contributed by atoms with E-state index in [2.05, 4.69) is 9.47 Å². The van der Waals surface area contributed by atoms with Crippen LogP contribution in [0.1, 0.15) is 46.0 Å². The summed E-state index contributed by atoms with van der Waals surface area (Å²) in [4.78, 5) is 20.1. The molecule has 0 spiro atoms. The van der Waals surface area contributed by atoms with Crippen molar-refractivity contribution in [1.82, 2.24) is 0 Å². The highest BCUT2D eigenvalue weighted by Gasteiger charge is 1.95. The van der Waals surface area contributed by atoms with Crippen molar-refractivity contribution in [2.45, 2.75) is 46.0 Å². The third kappa shape index (κ3) is 12.7. The Kier molecular flexibility index (Phi) is 8.43. The summed E-state index contributed by atoms with van der Waals surface area (Å²) in [6.45, 7) is 2.50. The van der Waals surface area contributed by atoms with Crippen molar-refractivity contribution in [1.29, 1.82) is 0 Å². The number of hydrogen-bond acceptors (Lipinski definition) is 4. The molecule has 0 saturated heterocycles. The minimum absolute atomic E-state index is 0.455. The van der Waals surface area contributed by atoms with Crippen LogP contribution >= 0.6 is 0 Å². The summed E-state index contributed by atoms with van der Waals surface area (Å²) >= 11 is 0. The second-order valence-corrected chi connectivity index (χ2v) is 3.26. The number of esters is 2. The molecule has 0 N–H and O–H groups in total. The van der Waals surface area contributed by atoms with Gasteiger partial charge in [-0.15, -0.1) is 0 Å². The molecule has 86 valence electrons. The summed E-state index contributed by atoms with van der Waals surface area (Å²) in [5.74, 6) is -0.910. The van der Waals surface area contributed by atoms with Gasteiger partial charge in [-0.05, 0) is 0 Å². The minimum atomic E-state index is -0.455. The predicted molar refractivity (Wildman–Crippen MR) is 55.8 cm³/mol. The Morgan fingerprint density at radius 3 is 1.27 bits per heavy atom. The lowest BCUT2D eigenvalue weighted by atomic mass is 10.4. The van der Waals surface area contributed by atoms with E-state index in [1.165, 1.54) is 46.0 Å². The second-order valence-electron chi connectivity index (χ2n) is 3.26. The first-order valence-corrected chi connectivity index (χ1v) is 5.12. The third-order valence-corrected chi connectivity index (χ3v) is 1.77. The quantitative estimate of drug-likeness (QED) is 0.523. The molecule has 4 heteroatoms. The van der Waals surface area contributed by atoms with Crippen molar-refractivity contribution in [3.63, 3.8) is 0 Å². The zero-order chi connectivity index (χ0) is 11.5. The summed E-state index contributed by atoms with van der Waals surface area (Å²) in [5.41, 5.74) is 0. The Labute approximate surface area is 90.2 Å². The van der Waals surface area contributed by atoms with E-state index in [0.29, 0.717) is 0 Å². The summed E-state index contributed by atoms with van der Waals surface area (Å²) in [7, 11) is 0. The third-order valence-electron chi connectivity index (χ3n) is 1.77. The largest absolute Gasteiger partial charge is 0.431 e. The van der Waals surface area contributed by atoms with Gasteiger partial charge in [0.05, 0.1) is 0 Å². The number of hydrogen-bond donors (Lipinski definition) is 0. The van der Waals surface area contributed by atoms with E-state index in [1.807, 2.05) is 0 Å². The molecule has 0 aliphatic heterocycles. The average molecular weight is 214 g/mol. The normalized spacial score (nSPS) is 14.3. The van der Waals surface area contributed by atoms with E-state index in [0.717, 1.165) is 12.5 Å². The Morgan fingerprint density at radius 2 is 1.07 bits per heavy atom. The van der Waals surface area contributed by atoms with Gasteiger partial charge in [0.25, 0.3) is 0 Å². The fourth-order valence-corrected chi connectivity index (χ4v) is 1.13. The van der Waals surface area contributed by atoms with Crippen LogP contribution in [0.3, 0.4) is 0 Å². The number of carbonyl (C=O) groups is 2. The van der Waals surface area contributed by atoms with E-state index < -0.39 is 11.9 Å². The monoisotopic (exact) mass is 214 g/mol. The highest BCUT2D eigenvalue weighted by atomic mass is 16.6. The molecule has 15 heavy (non-hydrogen) atoms. The van der Waals surface area contributed by atoms with Crippen LogP contribution in [0.4, 0.5) is 0 Å². The van der Waals surface area contributed by atoms with Crippen molar-refractivity contribution in [3.05, 3.63) is 12.5 Å². The van der Waals surface area contributed by atoms with Gasteiger partial charge in [0.2, 0.25) is 0 Å². The van der Waals surface area contributed by atoms with Crippen molar-refractivity contribution in [2.75, 3.05) is 0 Å². The van der Waals surface area contributed by atoms with Crippen LogP contribution in [0.2, 0.25) is 0 Å². The molecule has 0 atom stereocenters. The molecule has 1 rings (SSSR count). The first-order chi connectivity index (χ1) is 7.13. The van der Waals surface area contributed by atoms with Crippen molar-refractivity contribution in [3.8, 4) is 0 Å². The van der Waals surface area contributed by atoms with Gasteiger partial charge in [0, 0.05) is 13.8 Å². The van der Waals surface area contributed by atoms with Crippen molar-refractivity contribution in [2.24, 2.45) is 0 Å². The van der Waals surface area contributed by atoms with Crippen molar-refractivity contribution < 1.29 is 19.1 Å². The van der Waals surface area contributed by atoms with Crippen molar-refractivity contribution >= 4 is 11.9 Å². The number of rotatable bonds is 2. The molecule has 0 aromatic carbocycles. The van der Waals surface area contributed by atoms with Gasteiger partial charge >= 0.3 is 11.9 Å². The average Bonchev–Trinajstić information content (AvgIpc) is 2.69. The molecule has 4 nitrogen and oxygen atoms in total. The van der Waals surface area contributed by atoms with E-state index in [9.17, 15) is 9.59 Å². The summed E-state index contributed by atoms with van der Waals surface area (Å²) in [6, 6.07) is 0. The van der Waals surface area contributed by atoms with Crippen LogP contribution in [-0.4, -0.2) is 11.9 Å². The van der Waals surface area contributed by atoms with E-state index in [1.54, 1.807) is 0 Å². The smallest absolute Gasteiger partial charge is 0.307 e. The molecule has 0 bridgehead atoms. The Hall–Kier alpha value is -1.32. The van der Waals surface area contributed by atoms with E-state index in [4.69, 9.17) is 0 Å². The first kappa shape index (κ1) is 13.7. The van der Waals surface area contributed by atoms with Gasteiger partial charge in [-0.3, -0.25) is 9.59 Å². The second kappa shape index (κ2) is 9.24. The standard InChI is InChI=1S/C6H8O4.C5H10/c1-5(7)9-3-4-10-6(2)8;1-2-4-5-3-1/h3-4H,1-2H3;1-5H2/b4-3+;. The molecule has 0 unspecified atom stereocenters. The maximum Gasteiger partial charge on any atom is 0.307 e. The van der Waals surface area contributed by atoms with Gasteiger partial charge in [-0.2, -0.15) is 0 Å². The van der Waals surface area contributed by atoms with Gasteiger partial charge in [-0.1, -0.05) is 32.1 Å². The van der Waals surface area contributed by atoms with Crippen LogP contribution in [0.15, 0.2) is 12.5 Å². The van der Waals surface area contributed by atoms with Crippen LogP contribution < -0.4 is 0 Å². The van der Waals surface area contributed by atoms with Gasteiger partial charge in [0.1, 0.15) is 12.5 Å². The summed E-state index contributed by atoms with van der Waals surface area (Å²) in [6.07, 6.45) is 9.51. The lowest BCUT2D eigenvalue weighted by Gasteiger charge is -1.90. The van der Waals surface area contributed by atoms with Gasteiger partial charge < -0.3 is 9.47 Å². The lowest BCUT2D eigenvalue weighted by Crippen LogP contribution is -1.93. The molecule has 0 aromatic heterocycles. The van der Waals surface area contributed by atoms with Gasteiger partial charge in [0.15, 0.2) is 0 Å². The topological polar surface area (TPSA) is 52.6 Å².